The smallest absolute Gasteiger partial charge is 0.350 e. The Morgan fingerprint density at radius 1 is 1.37 bits per heavy atom. The first-order valence-corrected chi connectivity index (χ1v) is 10.2. The molecule has 0 aromatic carbocycles. The molecule has 2 aromatic rings. The summed E-state index contributed by atoms with van der Waals surface area (Å²) in [5, 5.41) is 5.87. The molecule has 1 fully saturated rings. The fraction of sp³-hybridized carbons (Fsp3) is 0.421. The Labute approximate surface area is 169 Å². The summed E-state index contributed by atoms with van der Waals surface area (Å²) in [6, 6.07) is 4.08. The number of nitrogens with one attached hydrogen (secondary N) is 1. The number of esters is 1. The van der Waals surface area contributed by atoms with E-state index >= 15 is 0 Å². The fourth-order valence-corrected chi connectivity index (χ4v) is 4.32. The monoisotopic (exact) mass is 404 g/mol. The summed E-state index contributed by atoms with van der Waals surface area (Å²) in [4.78, 5) is 21.3. The first-order chi connectivity index (χ1) is 13.1. The molecule has 0 aliphatic carbocycles. The Kier molecular flexibility index (Phi) is 6.76. The van der Waals surface area contributed by atoms with Gasteiger partial charge in [0, 0.05) is 45.1 Å². The third-order valence-electron chi connectivity index (χ3n) is 4.58. The van der Waals surface area contributed by atoms with E-state index in [9.17, 15) is 4.79 Å². The van der Waals surface area contributed by atoms with Gasteiger partial charge in [0.2, 0.25) is 0 Å². The molecule has 0 amide bonds. The molecule has 1 N–H and O–H groups in total. The van der Waals surface area contributed by atoms with Gasteiger partial charge >= 0.3 is 5.97 Å². The van der Waals surface area contributed by atoms with Crippen LogP contribution in [-0.2, 0) is 11.3 Å². The molecule has 144 valence electrons. The molecule has 0 unspecified atom stereocenters. The standard InChI is InChI=1S/C19H24N4O2S2/c1-14-13-27-17(18(24)25-2)16(14)21-19(26)23-8-4-7-22(9-10-23)12-15-5-3-6-20-11-15/h3,5-6,11,13H,4,7-10,12H2,1-2H3,(H,21,26). The highest BCUT2D eigenvalue weighted by atomic mass is 32.1. The highest BCUT2D eigenvalue weighted by Crippen LogP contribution is 2.28. The molecule has 27 heavy (non-hydrogen) atoms. The topological polar surface area (TPSA) is 57.7 Å². The molecular weight excluding hydrogens is 380 g/mol. The van der Waals surface area contributed by atoms with Crippen LogP contribution in [0.15, 0.2) is 29.9 Å². The van der Waals surface area contributed by atoms with Crippen molar-refractivity contribution in [3.05, 3.63) is 45.9 Å². The second kappa shape index (κ2) is 9.25. The van der Waals surface area contributed by atoms with E-state index in [0.29, 0.717) is 9.99 Å². The first-order valence-electron chi connectivity index (χ1n) is 8.92. The number of ether oxygens (including phenoxy) is 1. The molecule has 0 atom stereocenters. The Hall–Kier alpha value is -2.03. The molecule has 2 aromatic heterocycles. The average Bonchev–Trinajstić information content (AvgIpc) is 2.89. The van der Waals surface area contributed by atoms with Crippen LogP contribution in [0.1, 0.15) is 27.2 Å². The van der Waals surface area contributed by atoms with E-state index in [1.54, 1.807) is 6.20 Å². The number of aromatic nitrogens is 1. The number of hydrogen-bond acceptors (Lipinski definition) is 6. The average molecular weight is 405 g/mol. The van der Waals surface area contributed by atoms with Crippen LogP contribution >= 0.6 is 23.6 Å². The number of rotatable bonds is 4. The van der Waals surface area contributed by atoms with Crippen LogP contribution in [0, 0.1) is 6.92 Å². The van der Waals surface area contributed by atoms with Gasteiger partial charge in [0.25, 0.3) is 0 Å². The van der Waals surface area contributed by atoms with Crippen LogP contribution in [-0.4, -0.2) is 59.2 Å². The minimum absolute atomic E-state index is 0.336. The Balaban J connectivity index is 1.60. The minimum atomic E-state index is -0.336. The van der Waals surface area contributed by atoms with Crippen molar-refractivity contribution < 1.29 is 9.53 Å². The molecule has 1 aliphatic heterocycles. The van der Waals surface area contributed by atoms with Crippen LogP contribution < -0.4 is 5.32 Å². The third kappa shape index (κ3) is 5.03. The number of nitrogens with zero attached hydrogens (tertiary/aromatic N) is 3. The van der Waals surface area contributed by atoms with Gasteiger partial charge in [-0.3, -0.25) is 9.88 Å². The number of carbonyl (C=O) groups is 1. The van der Waals surface area contributed by atoms with Crippen LogP contribution in [0.25, 0.3) is 0 Å². The van der Waals surface area contributed by atoms with Gasteiger partial charge in [0.1, 0.15) is 4.88 Å². The van der Waals surface area contributed by atoms with Crippen molar-refractivity contribution >= 4 is 40.3 Å². The van der Waals surface area contributed by atoms with Crippen LogP contribution in [0.4, 0.5) is 5.69 Å². The highest BCUT2D eigenvalue weighted by molar-refractivity contribution is 7.80. The Morgan fingerprint density at radius 2 is 2.22 bits per heavy atom. The summed E-state index contributed by atoms with van der Waals surface area (Å²) in [5.74, 6) is -0.336. The predicted octanol–water partition coefficient (Wildman–Crippen LogP) is 3.14. The highest BCUT2D eigenvalue weighted by Gasteiger charge is 2.21. The maximum atomic E-state index is 12.0. The van der Waals surface area contributed by atoms with Crippen molar-refractivity contribution in [2.45, 2.75) is 19.9 Å². The maximum absolute atomic E-state index is 12.0. The summed E-state index contributed by atoms with van der Waals surface area (Å²) in [6.45, 7) is 6.57. The minimum Gasteiger partial charge on any atom is -0.465 e. The van der Waals surface area contributed by atoms with Gasteiger partial charge in [0.15, 0.2) is 5.11 Å². The van der Waals surface area contributed by atoms with E-state index in [4.69, 9.17) is 17.0 Å². The van der Waals surface area contributed by atoms with Gasteiger partial charge in [-0.2, -0.15) is 0 Å². The van der Waals surface area contributed by atoms with Crippen LogP contribution in [0.3, 0.4) is 0 Å². The predicted molar refractivity (Wildman–Crippen MR) is 112 cm³/mol. The van der Waals surface area contributed by atoms with E-state index in [2.05, 4.69) is 26.2 Å². The van der Waals surface area contributed by atoms with Gasteiger partial charge in [0.05, 0.1) is 12.8 Å². The van der Waals surface area contributed by atoms with Crippen molar-refractivity contribution in [3.8, 4) is 0 Å². The lowest BCUT2D eigenvalue weighted by Crippen LogP contribution is -2.38. The molecule has 0 radical (unpaired) electrons. The summed E-state index contributed by atoms with van der Waals surface area (Å²) in [6.07, 6.45) is 4.75. The zero-order valence-electron chi connectivity index (χ0n) is 15.6. The molecule has 0 spiro atoms. The van der Waals surface area contributed by atoms with E-state index in [1.807, 2.05) is 24.6 Å². The number of thiocarbonyl (C=S) groups is 1. The molecule has 8 heteroatoms. The number of thiophene rings is 1. The number of methoxy groups -OCH3 is 1. The number of carbonyl (C=O) groups excluding carboxylic acids is 1. The van der Waals surface area contributed by atoms with E-state index in [1.165, 1.54) is 24.0 Å². The van der Waals surface area contributed by atoms with Gasteiger partial charge in [-0.1, -0.05) is 6.07 Å². The van der Waals surface area contributed by atoms with Crippen molar-refractivity contribution in [2.75, 3.05) is 38.6 Å². The number of pyridine rings is 1. The summed E-state index contributed by atoms with van der Waals surface area (Å²) < 4.78 is 4.87. The van der Waals surface area contributed by atoms with Crippen LogP contribution in [0.5, 0.6) is 0 Å². The number of anilines is 1. The van der Waals surface area contributed by atoms with E-state index in [-0.39, 0.29) is 5.97 Å². The Bertz CT molecular complexity index is 794. The van der Waals surface area contributed by atoms with Gasteiger partial charge in [-0.25, -0.2) is 4.79 Å². The van der Waals surface area contributed by atoms with Crippen molar-refractivity contribution in [1.82, 2.24) is 14.8 Å². The SMILES string of the molecule is COC(=O)c1scc(C)c1NC(=S)N1CCCN(Cc2cccnc2)CC1. The quantitative estimate of drug-likeness (QED) is 0.620. The Morgan fingerprint density at radius 3 is 2.96 bits per heavy atom. The maximum Gasteiger partial charge on any atom is 0.350 e. The molecule has 0 saturated carbocycles. The molecule has 6 nitrogen and oxygen atoms in total. The molecule has 1 aliphatic rings. The lowest BCUT2D eigenvalue weighted by atomic mass is 10.2. The first kappa shape index (κ1) is 19.7. The van der Waals surface area contributed by atoms with Gasteiger partial charge in [-0.05, 0) is 48.1 Å². The third-order valence-corrected chi connectivity index (χ3v) is 6.02. The molecule has 3 rings (SSSR count). The lowest BCUT2D eigenvalue weighted by molar-refractivity contribution is 0.0607. The largest absolute Gasteiger partial charge is 0.465 e. The van der Waals surface area contributed by atoms with E-state index < -0.39 is 0 Å². The summed E-state index contributed by atoms with van der Waals surface area (Å²) in [5.41, 5.74) is 2.98. The molecule has 3 heterocycles. The van der Waals surface area contributed by atoms with Crippen molar-refractivity contribution in [1.29, 1.82) is 0 Å². The zero-order chi connectivity index (χ0) is 19.2. The normalized spacial score (nSPS) is 15.3. The fourth-order valence-electron chi connectivity index (χ4n) is 3.11. The van der Waals surface area contributed by atoms with Crippen LogP contribution in [0.2, 0.25) is 0 Å². The molecular formula is C19H24N4O2S2. The molecule has 1 saturated heterocycles. The lowest BCUT2D eigenvalue weighted by Gasteiger charge is -2.25. The number of aryl methyl sites for hydroxylation is 1. The van der Waals surface area contributed by atoms with Gasteiger partial charge < -0.3 is 15.0 Å². The number of hydrogen-bond donors (Lipinski definition) is 1. The zero-order valence-corrected chi connectivity index (χ0v) is 17.2. The van der Waals surface area contributed by atoms with E-state index in [0.717, 1.165) is 50.4 Å². The van der Waals surface area contributed by atoms with Crippen molar-refractivity contribution in [3.63, 3.8) is 0 Å². The second-order valence-corrected chi connectivity index (χ2v) is 7.79. The van der Waals surface area contributed by atoms with Crippen molar-refractivity contribution in [2.24, 2.45) is 0 Å². The van der Waals surface area contributed by atoms with Gasteiger partial charge in [-0.15, -0.1) is 11.3 Å². The molecule has 0 bridgehead atoms. The summed E-state index contributed by atoms with van der Waals surface area (Å²) >= 11 is 7.01. The summed E-state index contributed by atoms with van der Waals surface area (Å²) in [7, 11) is 1.39. The second-order valence-electron chi connectivity index (χ2n) is 6.52.